The van der Waals surface area contributed by atoms with Crippen LogP contribution in [-0.2, 0) is 11.3 Å². The third-order valence-corrected chi connectivity index (χ3v) is 3.30. The van der Waals surface area contributed by atoms with Crippen LogP contribution in [0, 0.1) is 5.21 Å². The maximum atomic E-state index is 12.5. The van der Waals surface area contributed by atoms with Crippen molar-refractivity contribution in [1.29, 1.82) is 0 Å². The van der Waals surface area contributed by atoms with Crippen molar-refractivity contribution in [2.45, 2.75) is 6.54 Å². The van der Waals surface area contributed by atoms with Crippen LogP contribution in [0.2, 0.25) is 0 Å². The average Bonchev–Trinajstić information content (AvgIpc) is 2.39. The number of rotatable bonds is 2. The van der Waals surface area contributed by atoms with Crippen molar-refractivity contribution in [3.8, 4) is 0 Å². The predicted molar refractivity (Wildman–Crippen MR) is 67.5 cm³/mol. The van der Waals surface area contributed by atoms with E-state index in [0.29, 0.717) is 32.7 Å². The number of quaternary nitrogens is 1. The second-order valence-electron chi connectivity index (χ2n) is 4.61. The van der Waals surface area contributed by atoms with E-state index in [4.69, 9.17) is 0 Å². The summed E-state index contributed by atoms with van der Waals surface area (Å²) in [5, 5.41) is 12.5. The number of carbonyl (C=O) groups excluding carboxylic acids is 1. The van der Waals surface area contributed by atoms with Gasteiger partial charge >= 0.3 is 6.09 Å². The fourth-order valence-corrected chi connectivity index (χ4v) is 2.22. The second-order valence-corrected chi connectivity index (χ2v) is 4.61. The summed E-state index contributed by atoms with van der Waals surface area (Å²) in [5.41, 5.74) is 1.04. The molecular weight excluding hydrogens is 232 g/mol. The van der Waals surface area contributed by atoms with E-state index in [1.54, 1.807) is 4.90 Å². The molecule has 2 rings (SSSR count). The van der Waals surface area contributed by atoms with Gasteiger partial charge in [0.25, 0.3) is 0 Å². The van der Waals surface area contributed by atoms with Crippen LogP contribution in [0.25, 0.3) is 0 Å². The molecule has 0 bridgehead atoms. The molecule has 0 aromatic heterocycles. The van der Waals surface area contributed by atoms with Crippen LogP contribution in [0.3, 0.4) is 0 Å². The molecule has 0 N–H and O–H groups in total. The zero-order valence-corrected chi connectivity index (χ0v) is 10.5. The molecule has 1 aliphatic heterocycles. The van der Waals surface area contributed by atoms with Crippen LogP contribution in [0.15, 0.2) is 30.3 Å². The number of hydrogen-bond donors (Lipinski definition) is 0. The maximum absolute atomic E-state index is 12.5. The molecule has 1 aliphatic rings. The number of amides is 1. The van der Waals surface area contributed by atoms with Gasteiger partial charge in [0.2, 0.25) is 0 Å². The Bertz CT molecular complexity index is 400. The van der Waals surface area contributed by atoms with E-state index in [1.165, 1.54) is 7.11 Å². The molecule has 98 valence electrons. The van der Waals surface area contributed by atoms with Gasteiger partial charge in [-0.2, -0.15) is 0 Å². The van der Waals surface area contributed by atoms with Crippen molar-refractivity contribution in [2.24, 2.45) is 0 Å². The number of piperazine rings is 1. The minimum Gasteiger partial charge on any atom is -0.632 e. The first kappa shape index (κ1) is 12.9. The third-order valence-electron chi connectivity index (χ3n) is 3.30. The number of benzene rings is 1. The minimum absolute atomic E-state index is 0.266. The summed E-state index contributed by atoms with van der Waals surface area (Å²) < 4.78 is 4.39. The van der Waals surface area contributed by atoms with Crippen molar-refractivity contribution in [3.05, 3.63) is 41.1 Å². The molecule has 1 amide bonds. The number of ether oxygens (including phenoxy) is 1. The van der Waals surface area contributed by atoms with Gasteiger partial charge in [-0.3, -0.25) is 4.90 Å². The first-order valence-electron chi connectivity index (χ1n) is 6.07. The summed E-state index contributed by atoms with van der Waals surface area (Å²) in [6, 6.07) is 9.74. The maximum Gasteiger partial charge on any atom is 0.409 e. The van der Waals surface area contributed by atoms with Gasteiger partial charge in [-0.1, -0.05) is 30.3 Å². The normalized spacial score (nSPS) is 18.4. The van der Waals surface area contributed by atoms with Gasteiger partial charge in [-0.25, -0.2) is 4.79 Å². The Morgan fingerprint density at radius 1 is 1.33 bits per heavy atom. The zero-order valence-electron chi connectivity index (χ0n) is 10.5. The Kier molecular flexibility index (Phi) is 3.84. The molecule has 1 heterocycles. The van der Waals surface area contributed by atoms with Crippen molar-refractivity contribution < 1.29 is 14.2 Å². The van der Waals surface area contributed by atoms with E-state index in [9.17, 15) is 10.0 Å². The van der Waals surface area contributed by atoms with E-state index in [2.05, 4.69) is 4.74 Å². The van der Waals surface area contributed by atoms with E-state index in [-0.39, 0.29) is 10.7 Å². The lowest BCUT2D eigenvalue weighted by atomic mass is 10.2. The fraction of sp³-hybridized carbons (Fsp3) is 0.462. The number of hydroxylamine groups is 3. The van der Waals surface area contributed by atoms with Crippen LogP contribution < -0.4 is 0 Å². The summed E-state index contributed by atoms with van der Waals surface area (Å²) >= 11 is 0. The molecule has 0 radical (unpaired) electrons. The van der Waals surface area contributed by atoms with Gasteiger partial charge in [-0.05, 0) is 0 Å². The van der Waals surface area contributed by atoms with Gasteiger partial charge in [0, 0.05) is 5.56 Å². The number of hydrogen-bond acceptors (Lipinski definition) is 3. The fourth-order valence-electron chi connectivity index (χ4n) is 2.22. The molecule has 1 saturated heterocycles. The standard InChI is InChI=1S/C13H18N2O3/c1-18-13(16)14-7-9-15(17,10-8-14)11-12-5-3-2-4-6-12/h2-6H,7-11H2,1H3. The summed E-state index contributed by atoms with van der Waals surface area (Å²) in [6.45, 7) is 2.23. The molecule has 0 spiro atoms. The highest BCUT2D eigenvalue weighted by Crippen LogP contribution is 2.17. The Morgan fingerprint density at radius 2 is 1.94 bits per heavy atom. The average molecular weight is 250 g/mol. The van der Waals surface area contributed by atoms with Crippen LogP contribution in [0.4, 0.5) is 4.79 Å². The minimum atomic E-state index is -0.346. The second kappa shape index (κ2) is 5.37. The lowest BCUT2D eigenvalue weighted by molar-refractivity contribution is -0.897. The largest absolute Gasteiger partial charge is 0.632 e. The van der Waals surface area contributed by atoms with Crippen molar-refractivity contribution >= 4 is 6.09 Å². The first-order chi connectivity index (χ1) is 8.63. The van der Waals surface area contributed by atoms with Crippen LogP contribution in [-0.4, -0.2) is 48.9 Å². The van der Waals surface area contributed by atoms with Gasteiger partial charge < -0.3 is 14.6 Å². The van der Waals surface area contributed by atoms with Crippen LogP contribution >= 0.6 is 0 Å². The molecule has 18 heavy (non-hydrogen) atoms. The highest BCUT2D eigenvalue weighted by atomic mass is 16.6. The molecule has 0 aliphatic carbocycles. The van der Waals surface area contributed by atoms with Crippen LogP contribution in [0.5, 0.6) is 0 Å². The Balaban J connectivity index is 1.93. The summed E-state index contributed by atoms with van der Waals surface area (Å²) in [4.78, 5) is 12.9. The SMILES string of the molecule is COC(=O)N1CC[N+]([O-])(Cc2ccccc2)CC1. The monoisotopic (exact) mass is 250 g/mol. The van der Waals surface area contributed by atoms with Crippen molar-refractivity contribution in [2.75, 3.05) is 33.3 Å². The van der Waals surface area contributed by atoms with E-state index in [0.717, 1.165) is 5.56 Å². The molecule has 1 aromatic rings. The van der Waals surface area contributed by atoms with Crippen molar-refractivity contribution in [1.82, 2.24) is 4.90 Å². The molecule has 1 aromatic carbocycles. The zero-order chi connectivity index (χ0) is 13.0. The van der Waals surface area contributed by atoms with Crippen LogP contribution in [0.1, 0.15) is 5.56 Å². The highest BCUT2D eigenvalue weighted by Gasteiger charge is 2.28. The molecule has 1 fully saturated rings. The van der Waals surface area contributed by atoms with E-state index in [1.807, 2.05) is 30.3 Å². The predicted octanol–water partition coefficient (Wildman–Crippen LogP) is 1.58. The molecule has 0 saturated carbocycles. The summed E-state index contributed by atoms with van der Waals surface area (Å²) in [7, 11) is 1.36. The Morgan fingerprint density at radius 3 is 2.50 bits per heavy atom. The molecular formula is C13H18N2O3. The molecule has 0 unspecified atom stereocenters. The number of methoxy groups -OCH3 is 1. The number of nitrogens with zero attached hydrogens (tertiary/aromatic N) is 2. The van der Waals surface area contributed by atoms with Gasteiger partial charge in [0.15, 0.2) is 0 Å². The lowest BCUT2D eigenvalue weighted by Crippen LogP contribution is -2.56. The highest BCUT2D eigenvalue weighted by molar-refractivity contribution is 5.67. The van der Waals surface area contributed by atoms with Gasteiger partial charge in [0.05, 0.1) is 33.3 Å². The quantitative estimate of drug-likeness (QED) is 0.591. The van der Waals surface area contributed by atoms with Crippen molar-refractivity contribution in [3.63, 3.8) is 0 Å². The van der Waals surface area contributed by atoms with E-state index >= 15 is 0 Å². The smallest absolute Gasteiger partial charge is 0.409 e. The third kappa shape index (κ3) is 3.00. The summed E-state index contributed by atoms with van der Waals surface area (Å²) in [5.74, 6) is 0. The summed E-state index contributed by atoms with van der Waals surface area (Å²) in [6.07, 6.45) is -0.346. The lowest BCUT2D eigenvalue weighted by Gasteiger charge is -2.47. The molecule has 5 heteroatoms. The van der Waals surface area contributed by atoms with E-state index < -0.39 is 0 Å². The Labute approximate surface area is 107 Å². The number of carbonyl (C=O) groups is 1. The molecule has 5 nitrogen and oxygen atoms in total. The van der Waals surface area contributed by atoms with Gasteiger partial charge in [0.1, 0.15) is 6.54 Å². The first-order valence-corrected chi connectivity index (χ1v) is 6.07. The Hall–Kier alpha value is -1.59. The topological polar surface area (TPSA) is 52.6 Å². The molecule has 0 atom stereocenters. The van der Waals surface area contributed by atoms with Gasteiger partial charge in [-0.15, -0.1) is 0 Å².